The highest BCUT2D eigenvalue weighted by molar-refractivity contribution is 14.1. The van der Waals surface area contributed by atoms with Crippen LogP contribution in [0.5, 0.6) is 0 Å². The lowest BCUT2D eigenvalue weighted by atomic mass is 9.79. The van der Waals surface area contributed by atoms with Gasteiger partial charge >= 0.3 is 7.12 Å². The molecule has 0 unspecified atom stereocenters. The fraction of sp³-hybridized carbons (Fsp3) is 0.214. The zero-order valence-electron chi connectivity index (χ0n) is 22.7. The molecule has 1 saturated heterocycles. The SMILES string of the molecule is CC1(C)OB(c2ccc(N)cc2)OC1(C)C.Nc1ccc(-c2cc(Br)cnc2N)cc1.Nc1ncc(Br)cc1I. The molecule has 0 saturated carbocycles. The molecule has 1 fully saturated rings. The van der Waals surface area contributed by atoms with Crippen molar-refractivity contribution >= 4 is 90.0 Å². The first kappa shape index (κ1) is 32.1. The predicted octanol–water partition coefficient (Wildman–Crippen LogP) is 6.27. The van der Waals surface area contributed by atoms with Crippen LogP contribution in [0.25, 0.3) is 11.1 Å². The number of hydrogen-bond acceptors (Lipinski definition) is 8. The molecule has 0 radical (unpaired) electrons. The van der Waals surface area contributed by atoms with Crippen LogP contribution in [0, 0.1) is 3.57 Å². The van der Waals surface area contributed by atoms with E-state index in [0.717, 1.165) is 40.5 Å². The van der Waals surface area contributed by atoms with E-state index in [1.54, 1.807) is 12.4 Å². The van der Waals surface area contributed by atoms with Crippen LogP contribution < -0.4 is 28.4 Å². The van der Waals surface area contributed by atoms with Gasteiger partial charge in [-0.2, -0.15) is 0 Å². The van der Waals surface area contributed by atoms with E-state index in [2.05, 4.69) is 64.4 Å². The zero-order chi connectivity index (χ0) is 29.7. The minimum Gasteiger partial charge on any atom is -0.399 e. The highest BCUT2D eigenvalue weighted by Gasteiger charge is 2.51. The summed E-state index contributed by atoms with van der Waals surface area (Å²) in [4.78, 5) is 7.98. The zero-order valence-corrected chi connectivity index (χ0v) is 28.0. The van der Waals surface area contributed by atoms with Gasteiger partial charge in [-0.05, 0) is 130 Å². The van der Waals surface area contributed by atoms with Gasteiger partial charge in [0, 0.05) is 38.3 Å². The normalized spacial score (nSPS) is 14.9. The van der Waals surface area contributed by atoms with Crippen molar-refractivity contribution in [2.24, 2.45) is 0 Å². The number of aromatic nitrogens is 2. The Balaban J connectivity index is 0.000000172. The molecule has 5 rings (SSSR count). The summed E-state index contributed by atoms with van der Waals surface area (Å²) in [6.45, 7) is 8.18. The molecule has 1 aliphatic rings. The van der Waals surface area contributed by atoms with Gasteiger partial charge in [-0.1, -0.05) is 24.3 Å². The maximum atomic E-state index is 5.93. The van der Waals surface area contributed by atoms with Gasteiger partial charge in [0.05, 0.1) is 14.8 Å². The van der Waals surface area contributed by atoms with Crippen molar-refractivity contribution in [2.75, 3.05) is 22.9 Å². The second-order valence-electron chi connectivity index (χ2n) is 9.98. The fourth-order valence-corrected chi connectivity index (χ4v) is 4.97. The molecule has 8 nitrogen and oxygen atoms in total. The van der Waals surface area contributed by atoms with Gasteiger partial charge in [-0.15, -0.1) is 0 Å². The summed E-state index contributed by atoms with van der Waals surface area (Å²) < 4.78 is 14.7. The molecule has 2 aromatic carbocycles. The van der Waals surface area contributed by atoms with E-state index in [4.69, 9.17) is 32.2 Å². The third kappa shape index (κ3) is 8.56. The van der Waals surface area contributed by atoms with E-state index in [1.165, 1.54) is 0 Å². The Hall–Kier alpha value is -2.39. The number of halogens is 3. The molecular weight excluding hydrogens is 750 g/mol. The third-order valence-electron chi connectivity index (χ3n) is 6.40. The Morgan fingerprint density at radius 3 is 1.62 bits per heavy atom. The van der Waals surface area contributed by atoms with Gasteiger partial charge in [0.1, 0.15) is 11.6 Å². The van der Waals surface area contributed by atoms with Crippen molar-refractivity contribution in [3.05, 3.63) is 85.6 Å². The van der Waals surface area contributed by atoms with E-state index in [9.17, 15) is 0 Å². The number of hydrogen-bond donors (Lipinski definition) is 4. The molecule has 40 heavy (non-hydrogen) atoms. The van der Waals surface area contributed by atoms with Crippen LogP contribution in [0.15, 0.2) is 82.0 Å². The number of benzene rings is 2. The fourth-order valence-electron chi connectivity index (χ4n) is 3.40. The Labute approximate surface area is 266 Å². The van der Waals surface area contributed by atoms with Gasteiger partial charge in [0.2, 0.25) is 0 Å². The van der Waals surface area contributed by atoms with Crippen molar-refractivity contribution in [3.8, 4) is 11.1 Å². The van der Waals surface area contributed by atoms with Crippen LogP contribution in [0.2, 0.25) is 0 Å². The Kier molecular flexibility index (Phi) is 10.9. The second-order valence-corrected chi connectivity index (χ2v) is 13.0. The summed E-state index contributed by atoms with van der Waals surface area (Å²) in [5, 5.41) is 0. The molecular formula is C28H32BBr2IN6O2. The van der Waals surface area contributed by atoms with Gasteiger partial charge < -0.3 is 32.2 Å². The topological polar surface area (TPSA) is 148 Å². The number of anilines is 4. The van der Waals surface area contributed by atoms with E-state index in [1.807, 2.05) is 88.4 Å². The summed E-state index contributed by atoms with van der Waals surface area (Å²) in [6, 6.07) is 19.0. The number of nitrogen functional groups attached to an aromatic ring is 4. The molecule has 210 valence electrons. The highest BCUT2D eigenvalue weighted by atomic mass is 127. The maximum Gasteiger partial charge on any atom is 0.494 e. The van der Waals surface area contributed by atoms with Crippen molar-refractivity contribution in [2.45, 2.75) is 38.9 Å². The first-order valence-corrected chi connectivity index (χ1v) is 14.9. The summed E-state index contributed by atoms with van der Waals surface area (Å²) in [5.41, 5.74) is 26.3. The Morgan fingerprint density at radius 1 is 0.700 bits per heavy atom. The molecule has 12 heteroatoms. The summed E-state index contributed by atoms with van der Waals surface area (Å²) in [7, 11) is -0.300. The summed E-state index contributed by atoms with van der Waals surface area (Å²) >= 11 is 8.77. The van der Waals surface area contributed by atoms with E-state index >= 15 is 0 Å². The molecule has 3 heterocycles. The smallest absolute Gasteiger partial charge is 0.399 e. The van der Waals surface area contributed by atoms with Gasteiger partial charge in [0.15, 0.2) is 0 Å². The number of pyridine rings is 2. The monoisotopic (exact) mass is 780 g/mol. The van der Waals surface area contributed by atoms with Crippen LogP contribution in [0.3, 0.4) is 0 Å². The molecule has 0 amide bonds. The standard InChI is InChI=1S/C12H18BNO2.C11H10BrN3.C5H4BrIN2/c1-11(2)12(3,4)16-13(15-11)9-5-7-10(14)8-6-9;12-8-5-10(11(14)15-6-8)7-1-3-9(13)4-2-7;6-3-1-4(7)5(8)9-2-3/h5-8H,14H2,1-4H3;1-6H,13H2,(H2,14,15);1-2H,(H2,8,9). The first-order valence-electron chi connectivity index (χ1n) is 12.2. The van der Waals surface area contributed by atoms with E-state index in [0.29, 0.717) is 11.6 Å². The molecule has 0 bridgehead atoms. The quantitative estimate of drug-likeness (QED) is 0.106. The predicted molar refractivity (Wildman–Crippen MR) is 182 cm³/mol. The summed E-state index contributed by atoms with van der Waals surface area (Å²) in [6.07, 6.45) is 3.35. The molecule has 0 aliphatic carbocycles. The maximum absolute atomic E-state index is 5.93. The third-order valence-corrected chi connectivity index (χ3v) is 8.14. The Bertz CT molecular complexity index is 1420. The molecule has 4 aromatic rings. The number of nitrogens with zero attached hydrogens (tertiary/aromatic N) is 2. The van der Waals surface area contributed by atoms with E-state index < -0.39 is 0 Å². The molecule has 0 atom stereocenters. The molecule has 0 spiro atoms. The lowest BCUT2D eigenvalue weighted by Gasteiger charge is -2.32. The summed E-state index contributed by atoms with van der Waals surface area (Å²) in [5.74, 6) is 1.10. The molecule has 8 N–H and O–H groups in total. The van der Waals surface area contributed by atoms with Crippen molar-refractivity contribution in [1.82, 2.24) is 9.97 Å². The van der Waals surface area contributed by atoms with Crippen LogP contribution in [0.1, 0.15) is 27.7 Å². The Morgan fingerprint density at radius 2 is 1.15 bits per heavy atom. The van der Waals surface area contributed by atoms with Crippen LogP contribution in [-0.4, -0.2) is 28.3 Å². The van der Waals surface area contributed by atoms with Gasteiger partial charge in [-0.25, -0.2) is 9.97 Å². The lowest BCUT2D eigenvalue weighted by molar-refractivity contribution is 0.00578. The average Bonchev–Trinajstić information content (AvgIpc) is 3.11. The van der Waals surface area contributed by atoms with Gasteiger partial charge in [-0.3, -0.25) is 0 Å². The van der Waals surface area contributed by atoms with Crippen LogP contribution in [-0.2, 0) is 9.31 Å². The van der Waals surface area contributed by atoms with Crippen molar-refractivity contribution < 1.29 is 9.31 Å². The minimum absolute atomic E-state index is 0.293. The lowest BCUT2D eigenvalue weighted by Crippen LogP contribution is -2.41. The van der Waals surface area contributed by atoms with Crippen LogP contribution in [0.4, 0.5) is 23.0 Å². The molecule has 2 aromatic heterocycles. The van der Waals surface area contributed by atoms with Crippen molar-refractivity contribution in [1.29, 1.82) is 0 Å². The molecule has 1 aliphatic heterocycles. The largest absolute Gasteiger partial charge is 0.494 e. The number of nitrogens with two attached hydrogens (primary N) is 4. The highest BCUT2D eigenvalue weighted by Crippen LogP contribution is 2.36. The van der Waals surface area contributed by atoms with E-state index in [-0.39, 0.29) is 18.3 Å². The van der Waals surface area contributed by atoms with Crippen LogP contribution >= 0.6 is 54.5 Å². The number of rotatable bonds is 2. The minimum atomic E-state index is -0.300. The van der Waals surface area contributed by atoms with Gasteiger partial charge in [0.25, 0.3) is 0 Å². The van der Waals surface area contributed by atoms with Crippen molar-refractivity contribution in [3.63, 3.8) is 0 Å². The second kappa shape index (κ2) is 13.5. The average molecular weight is 782 g/mol. The first-order chi connectivity index (χ1) is 18.7.